The van der Waals surface area contributed by atoms with Gasteiger partial charge in [-0.3, -0.25) is 0 Å². The van der Waals surface area contributed by atoms with Gasteiger partial charge in [0.15, 0.2) is 0 Å². The lowest BCUT2D eigenvalue weighted by atomic mass is 9.85. The van der Waals surface area contributed by atoms with E-state index in [1.54, 1.807) is 0 Å². The average molecular weight is 299 g/mol. The van der Waals surface area contributed by atoms with Gasteiger partial charge in [0.05, 0.1) is 5.92 Å². The van der Waals surface area contributed by atoms with Crippen LogP contribution in [0.5, 0.6) is 0 Å². The molecule has 3 atom stereocenters. The molecule has 1 saturated heterocycles. The second kappa shape index (κ2) is 6.75. The van der Waals surface area contributed by atoms with Crippen molar-refractivity contribution in [3.8, 4) is 0 Å². The van der Waals surface area contributed by atoms with Gasteiger partial charge in [-0.1, -0.05) is 6.42 Å². The molecule has 2 aliphatic rings. The van der Waals surface area contributed by atoms with Crippen molar-refractivity contribution in [1.29, 1.82) is 0 Å². The van der Waals surface area contributed by atoms with Crippen molar-refractivity contribution in [2.24, 2.45) is 5.92 Å². The van der Waals surface area contributed by atoms with Crippen LogP contribution in [0.25, 0.3) is 0 Å². The molecule has 1 heterocycles. The maximum atomic E-state index is 12.7. The monoisotopic (exact) mass is 299 g/mol. The SMILES string of the molecule is FC(F)(F)C1CCCC(NCC2CSCCS2)C1. The molecule has 1 aliphatic carbocycles. The predicted molar refractivity (Wildman–Crippen MR) is 73.4 cm³/mol. The van der Waals surface area contributed by atoms with Crippen LogP contribution in [0.2, 0.25) is 0 Å². The van der Waals surface area contributed by atoms with Crippen LogP contribution in [0.15, 0.2) is 0 Å². The van der Waals surface area contributed by atoms with Crippen LogP contribution in [0, 0.1) is 5.92 Å². The molecule has 18 heavy (non-hydrogen) atoms. The lowest BCUT2D eigenvalue weighted by Crippen LogP contribution is -2.42. The molecule has 0 amide bonds. The number of halogens is 3. The molecule has 0 aromatic heterocycles. The number of hydrogen-bond donors (Lipinski definition) is 1. The van der Waals surface area contributed by atoms with E-state index in [2.05, 4.69) is 5.32 Å². The van der Waals surface area contributed by atoms with E-state index in [0.29, 0.717) is 18.1 Å². The third-order valence-corrected chi connectivity index (χ3v) is 6.50. The first kappa shape index (κ1) is 14.9. The van der Waals surface area contributed by atoms with Gasteiger partial charge in [-0.25, -0.2) is 0 Å². The molecular weight excluding hydrogens is 279 g/mol. The van der Waals surface area contributed by atoms with E-state index in [-0.39, 0.29) is 12.5 Å². The molecule has 0 bridgehead atoms. The summed E-state index contributed by atoms with van der Waals surface area (Å²) in [7, 11) is 0. The highest BCUT2D eigenvalue weighted by molar-refractivity contribution is 8.06. The normalized spacial score (nSPS) is 34.5. The smallest absolute Gasteiger partial charge is 0.313 e. The summed E-state index contributed by atoms with van der Waals surface area (Å²) in [5, 5.41) is 3.94. The van der Waals surface area contributed by atoms with Crippen LogP contribution in [0.1, 0.15) is 25.7 Å². The third kappa shape index (κ3) is 4.53. The van der Waals surface area contributed by atoms with E-state index >= 15 is 0 Å². The number of alkyl halides is 3. The van der Waals surface area contributed by atoms with Gasteiger partial charge in [-0.15, -0.1) is 0 Å². The van der Waals surface area contributed by atoms with Crippen LogP contribution in [0.3, 0.4) is 0 Å². The van der Waals surface area contributed by atoms with Gasteiger partial charge in [0.1, 0.15) is 0 Å². The Morgan fingerprint density at radius 1 is 1.17 bits per heavy atom. The topological polar surface area (TPSA) is 12.0 Å². The minimum absolute atomic E-state index is 0.0675. The van der Waals surface area contributed by atoms with E-state index in [4.69, 9.17) is 0 Å². The summed E-state index contributed by atoms with van der Waals surface area (Å²) >= 11 is 3.91. The Labute approximate surface area is 115 Å². The highest BCUT2D eigenvalue weighted by Crippen LogP contribution is 2.37. The van der Waals surface area contributed by atoms with E-state index < -0.39 is 12.1 Å². The third-order valence-electron chi connectivity index (χ3n) is 3.66. The highest BCUT2D eigenvalue weighted by atomic mass is 32.2. The minimum Gasteiger partial charge on any atom is -0.313 e. The van der Waals surface area contributed by atoms with Crippen LogP contribution < -0.4 is 5.32 Å². The molecule has 1 nitrogen and oxygen atoms in total. The molecule has 1 N–H and O–H groups in total. The molecule has 0 aromatic rings. The molecule has 1 aliphatic heterocycles. The first-order valence-corrected chi connectivity index (χ1v) is 8.75. The van der Waals surface area contributed by atoms with Gasteiger partial charge in [0.2, 0.25) is 0 Å². The Kier molecular flexibility index (Phi) is 5.57. The lowest BCUT2D eigenvalue weighted by molar-refractivity contribution is -0.183. The maximum Gasteiger partial charge on any atom is 0.391 e. The van der Waals surface area contributed by atoms with E-state index in [0.717, 1.165) is 18.7 Å². The van der Waals surface area contributed by atoms with Crippen molar-refractivity contribution in [2.75, 3.05) is 23.8 Å². The van der Waals surface area contributed by atoms with Gasteiger partial charge >= 0.3 is 6.18 Å². The van der Waals surface area contributed by atoms with Crippen LogP contribution in [0.4, 0.5) is 13.2 Å². The predicted octanol–water partition coefficient (Wildman–Crippen LogP) is 3.55. The Morgan fingerprint density at radius 3 is 2.67 bits per heavy atom. The summed E-state index contributed by atoms with van der Waals surface area (Å²) < 4.78 is 38.0. The fraction of sp³-hybridized carbons (Fsp3) is 1.00. The molecular formula is C12H20F3NS2. The summed E-state index contributed by atoms with van der Waals surface area (Å²) in [6.07, 6.45) is -1.81. The fourth-order valence-electron chi connectivity index (χ4n) is 2.63. The van der Waals surface area contributed by atoms with E-state index in [1.807, 2.05) is 23.5 Å². The Morgan fingerprint density at radius 2 is 2.00 bits per heavy atom. The molecule has 2 fully saturated rings. The van der Waals surface area contributed by atoms with Gasteiger partial charge in [0.25, 0.3) is 0 Å². The quantitative estimate of drug-likeness (QED) is 0.856. The summed E-state index contributed by atoms with van der Waals surface area (Å²) in [6, 6.07) is 0.0675. The zero-order valence-corrected chi connectivity index (χ0v) is 12.0. The molecule has 3 unspecified atom stereocenters. The van der Waals surface area contributed by atoms with Crippen LogP contribution in [-0.2, 0) is 0 Å². The molecule has 1 saturated carbocycles. The molecule has 0 aromatic carbocycles. The van der Waals surface area contributed by atoms with Crippen molar-refractivity contribution in [2.45, 2.75) is 43.2 Å². The first-order valence-electron chi connectivity index (χ1n) is 6.55. The maximum absolute atomic E-state index is 12.7. The van der Waals surface area contributed by atoms with Crippen molar-refractivity contribution in [3.63, 3.8) is 0 Å². The van der Waals surface area contributed by atoms with E-state index in [1.165, 1.54) is 11.5 Å². The Balaban J connectivity index is 1.72. The lowest BCUT2D eigenvalue weighted by Gasteiger charge is -2.32. The zero-order chi connectivity index (χ0) is 13.0. The summed E-state index contributed by atoms with van der Waals surface area (Å²) in [5.74, 6) is 2.43. The number of nitrogens with one attached hydrogen (secondary N) is 1. The second-order valence-corrected chi connectivity index (χ2v) is 7.64. The van der Waals surface area contributed by atoms with E-state index in [9.17, 15) is 13.2 Å². The van der Waals surface area contributed by atoms with Crippen molar-refractivity contribution < 1.29 is 13.2 Å². The van der Waals surface area contributed by atoms with Crippen molar-refractivity contribution >= 4 is 23.5 Å². The zero-order valence-electron chi connectivity index (χ0n) is 10.3. The Hall–Kier alpha value is 0.450. The molecule has 0 radical (unpaired) electrons. The second-order valence-electron chi connectivity index (χ2n) is 5.08. The van der Waals surface area contributed by atoms with Gasteiger partial charge in [-0.2, -0.15) is 36.7 Å². The van der Waals surface area contributed by atoms with Gasteiger partial charge in [-0.05, 0) is 19.3 Å². The number of thioether (sulfide) groups is 2. The Bertz CT molecular complexity index is 254. The first-order chi connectivity index (χ1) is 8.55. The van der Waals surface area contributed by atoms with Gasteiger partial charge in [0, 0.05) is 35.1 Å². The average Bonchev–Trinajstić information content (AvgIpc) is 2.37. The van der Waals surface area contributed by atoms with Gasteiger partial charge < -0.3 is 5.32 Å². The molecule has 0 spiro atoms. The van der Waals surface area contributed by atoms with Crippen LogP contribution >= 0.6 is 23.5 Å². The standard InChI is InChI=1S/C12H20F3NS2/c13-12(14,15)9-2-1-3-10(6-9)16-7-11-8-17-4-5-18-11/h9-11,16H,1-8H2. The minimum atomic E-state index is -4.00. The largest absolute Gasteiger partial charge is 0.391 e. The summed E-state index contributed by atoms with van der Waals surface area (Å²) in [5.41, 5.74) is 0. The van der Waals surface area contributed by atoms with Crippen molar-refractivity contribution in [1.82, 2.24) is 5.32 Å². The fourth-order valence-corrected chi connectivity index (χ4v) is 5.25. The summed E-state index contributed by atoms with van der Waals surface area (Å²) in [6.45, 7) is 0.868. The highest BCUT2D eigenvalue weighted by Gasteiger charge is 2.42. The molecule has 2 rings (SSSR count). The number of hydrogen-bond acceptors (Lipinski definition) is 3. The molecule has 6 heteroatoms. The van der Waals surface area contributed by atoms with Crippen LogP contribution in [-0.4, -0.2) is 41.3 Å². The summed E-state index contributed by atoms with van der Waals surface area (Å²) in [4.78, 5) is 0. The molecule has 106 valence electrons. The van der Waals surface area contributed by atoms with Crippen molar-refractivity contribution in [3.05, 3.63) is 0 Å². The number of rotatable bonds is 3.